The van der Waals surface area contributed by atoms with Crippen molar-refractivity contribution in [1.29, 1.82) is 0 Å². The summed E-state index contributed by atoms with van der Waals surface area (Å²) < 4.78 is 6.56. The second-order valence-electron chi connectivity index (χ2n) is 6.63. The number of nitrogens with two attached hydrogens (primary N) is 1. The normalized spacial score (nSPS) is 11.8. The first kappa shape index (κ1) is 20.7. The van der Waals surface area contributed by atoms with Crippen molar-refractivity contribution in [3.05, 3.63) is 59.7 Å². The molecule has 0 aliphatic carbocycles. The summed E-state index contributed by atoms with van der Waals surface area (Å²) in [5, 5.41) is 11.8. The van der Waals surface area contributed by atoms with Gasteiger partial charge in [-0.25, -0.2) is 4.68 Å². The van der Waals surface area contributed by atoms with E-state index < -0.39 is 0 Å². The van der Waals surface area contributed by atoms with E-state index in [9.17, 15) is 4.79 Å². The minimum absolute atomic E-state index is 0.0192. The molecule has 3 N–H and O–H groups in total. The third-order valence-corrected chi connectivity index (χ3v) is 5.51. The summed E-state index contributed by atoms with van der Waals surface area (Å²) in [5.41, 5.74) is 3.11. The van der Waals surface area contributed by atoms with Crippen LogP contribution in [0.3, 0.4) is 0 Å². The van der Waals surface area contributed by atoms with E-state index in [0.29, 0.717) is 11.0 Å². The van der Waals surface area contributed by atoms with Crippen LogP contribution in [-0.2, 0) is 4.79 Å². The Bertz CT molecular complexity index is 954. The molecular weight excluding hydrogens is 386 g/mol. The van der Waals surface area contributed by atoms with Gasteiger partial charge in [0.2, 0.25) is 11.1 Å². The Morgan fingerprint density at radius 2 is 1.86 bits per heavy atom. The molecule has 0 fully saturated rings. The van der Waals surface area contributed by atoms with E-state index in [1.807, 2.05) is 31.2 Å². The maximum Gasteiger partial charge on any atom is 0.230 e. The van der Waals surface area contributed by atoms with Gasteiger partial charge in [-0.1, -0.05) is 48.5 Å². The van der Waals surface area contributed by atoms with Gasteiger partial charge in [-0.05, 0) is 43.2 Å². The smallest absolute Gasteiger partial charge is 0.230 e. The highest BCUT2D eigenvalue weighted by atomic mass is 32.2. The summed E-state index contributed by atoms with van der Waals surface area (Å²) in [6, 6.07) is 15.6. The van der Waals surface area contributed by atoms with Gasteiger partial charge in [-0.3, -0.25) is 4.79 Å². The van der Waals surface area contributed by atoms with Crippen molar-refractivity contribution in [3.8, 4) is 17.1 Å². The highest BCUT2D eigenvalue weighted by Gasteiger charge is 2.16. The average molecular weight is 412 g/mol. The summed E-state index contributed by atoms with van der Waals surface area (Å²) in [5.74, 6) is 7.55. The highest BCUT2D eigenvalue weighted by Crippen LogP contribution is 2.24. The Morgan fingerprint density at radius 1 is 1.17 bits per heavy atom. The van der Waals surface area contributed by atoms with E-state index in [1.54, 1.807) is 7.11 Å². The Labute approximate surface area is 174 Å². The van der Waals surface area contributed by atoms with Crippen LogP contribution in [-0.4, -0.2) is 33.6 Å². The van der Waals surface area contributed by atoms with Gasteiger partial charge in [0.1, 0.15) is 5.75 Å². The maximum atomic E-state index is 12.4. The lowest BCUT2D eigenvalue weighted by atomic mass is 10.0. The number of hydrogen-bond acceptors (Lipinski definition) is 6. The van der Waals surface area contributed by atoms with Crippen LogP contribution in [0.25, 0.3) is 11.4 Å². The lowest BCUT2D eigenvalue weighted by molar-refractivity contribution is -0.119. The lowest BCUT2D eigenvalue weighted by Crippen LogP contribution is -2.29. The molecule has 1 atom stereocenters. The number of nitrogens with one attached hydrogen (secondary N) is 1. The molecule has 3 rings (SSSR count). The molecule has 2 aromatic carbocycles. The van der Waals surface area contributed by atoms with E-state index in [1.165, 1.54) is 22.0 Å². The Balaban J connectivity index is 1.61. The zero-order valence-electron chi connectivity index (χ0n) is 16.8. The molecule has 3 aromatic rings. The van der Waals surface area contributed by atoms with Crippen molar-refractivity contribution in [1.82, 2.24) is 20.2 Å². The molecule has 8 heteroatoms. The number of amides is 1. The van der Waals surface area contributed by atoms with Crippen molar-refractivity contribution < 1.29 is 9.53 Å². The predicted octanol–water partition coefficient (Wildman–Crippen LogP) is 3.34. The first-order valence-electron chi connectivity index (χ1n) is 9.35. The molecule has 0 radical (unpaired) electrons. The fourth-order valence-electron chi connectivity index (χ4n) is 2.90. The topological polar surface area (TPSA) is 95.1 Å². The van der Waals surface area contributed by atoms with E-state index in [2.05, 4.69) is 46.7 Å². The van der Waals surface area contributed by atoms with Gasteiger partial charge in [-0.15, -0.1) is 10.2 Å². The van der Waals surface area contributed by atoms with E-state index in [0.717, 1.165) is 23.3 Å². The largest absolute Gasteiger partial charge is 0.497 e. The Hall–Kier alpha value is -3.00. The third-order valence-electron chi connectivity index (χ3n) is 4.57. The molecule has 7 nitrogen and oxygen atoms in total. The summed E-state index contributed by atoms with van der Waals surface area (Å²) in [7, 11) is 1.61. The SMILES string of the molecule is CC[C@H](NC(=O)CSc1nnc(-c2ccc(OC)cc2)n1N)c1ccc(C)cc1. The number of thioether (sulfide) groups is 1. The summed E-state index contributed by atoms with van der Waals surface area (Å²) in [6.45, 7) is 4.10. The number of rotatable bonds is 8. The van der Waals surface area contributed by atoms with Crippen molar-refractivity contribution in [2.75, 3.05) is 18.7 Å². The fourth-order valence-corrected chi connectivity index (χ4v) is 3.57. The molecule has 0 aliphatic heterocycles. The number of aromatic nitrogens is 3. The fraction of sp³-hybridized carbons (Fsp3) is 0.286. The molecule has 152 valence electrons. The molecule has 0 saturated heterocycles. The van der Waals surface area contributed by atoms with Crippen LogP contribution in [0.15, 0.2) is 53.7 Å². The molecule has 29 heavy (non-hydrogen) atoms. The van der Waals surface area contributed by atoms with Gasteiger partial charge in [0.15, 0.2) is 5.82 Å². The number of methoxy groups -OCH3 is 1. The van der Waals surface area contributed by atoms with Gasteiger partial charge in [-0.2, -0.15) is 0 Å². The second-order valence-corrected chi connectivity index (χ2v) is 7.57. The zero-order chi connectivity index (χ0) is 20.8. The maximum absolute atomic E-state index is 12.4. The van der Waals surface area contributed by atoms with Crippen molar-refractivity contribution in [2.24, 2.45) is 0 Å². The molecule has 1 amide bonds. The highest BCUT2D eigenvalue weighted by molar-refractivity contribution is 7.99. The van der Waals surface area contributed by atoms with Crippen LogP contribution in [0.5, 0.6) is 5.75 Å². The number of carbonyl (C=O) groups excluding carboxylic acids is 1. The van der Waals surface area contributed by atoms with Gasteiger partial charge in [0.05, 0.1) is 18.9 Å². The number of carbonyl (C=O) groups is 1. The quantitative estimate of drug-likeness (QED) is 0.436. The molecule has 0 unspecified atom stereocenters. The minimum Gasteiger partial charge on any atom is -0.497 e. The van der Waals surface area contributed by atoms with Crippen LogP contribution in [0.1, 0.15) is 30.5 Å². The molecule has 0 aliphatic rings. The Morgan fingerprint density at radius 3 is 2.48 bits per heavy atom. The van der Waals surface area contributed by atoms with E-state index in [4.69, 9.17) is 10.6 Å². The molecule has 0 saturated carbocycles. The number of nitrogen functional groups attached to an aromatic ring is 1. The standard InChI is InChI=1S/C21H25N5O2S/c1-4-18(15-7-5-14(2)6-8-15)23-19(27)13-29-21-25-24-20(26(21)22)16-9-11-17(28-3)12-10-16/h5-12,18H,4,13,22H2,1-3H3,(H,23,27)/t18-/m0/s1. The lowest BCUT2D eigenvalue weighted by Gasteiger charge is -2.17. The molecule has 1 aromatic heterocycles. The van der Waals surface area contributed by atoms with Crippen LogP contribution in [0.4, 0.5) is 0 Å². The molecule has 0 bridgehead atoms. The van der Waals surface area contributed by atoms with Gasteiger partial charge < -0.3 is 15.9 Å². The molecule has 0 spiro atoms. The molecule has 1 heterocycles. The number of nitrogens with zero attached hydrogens (tertiary/aromatic N) is 3. The van der Waals surface area contributed by atoms with Crippen molar-refractivity contribution in [3.63, 3.8) is 0 Å². The number of aryl methyl sites for hydroxylation is 1. The number of benzene rings is 2. The second kappa shape index (κ2) is 9.47. The molecular formula is C21H25N5O2S. The zero-order valence-corrected chi connectivity index (χ0v) is 17.6. The minimum atomic E-state index is -0.0728. The monoisotopic (exact) mass is 411 g/mol. The number of hydrogen-bond donors (Lipinski definition) is 2. The number of ether oxygens (including phenoxy) is 1. The Kier molecular flexibility index (Phi) is 6.77. The van der Waals surface area contributed by atoms with E-state index in [-0.39, 0.29) is 17.7 Å². The van der Waals surface area contributed by atoms with E-state index >= 15 is 0 Å². The van der Waals surface area contributed by atoms with Crippen molar-refractivity contribution >= 4 is 17.7 Å². The van der Waals surface area contributed by atoms with Crippen LogP contribution < -0.4 is 15.9 Å². The van der Waals surface area contributed by atoms with Crippen LogP contribution in [0, 0.1) is 6.92 Å². The predicted molar refractivity (Wildman–Crippen MR) is 115 cm³/mol. The van der Waals surface area contributed by atoms with Crippen LogP contribution >= 0.6 is 11.8 Å². The van der Waals surface area contributed by atoms with Gasteiger partial charge in [0, 0.05) is 5.56 Å². The van der Waals surface area contributed by atoms with Crippen LogP contribution in [0.2, 0.25) is 0 Å². The van der Waals surface area contributed by atoms with Gasteiger partial charge >= 0.3 is 0 Å². The van der Waals surface area contributed by atoms with Crippen molar-refractivity contribution in [2.45, 2.75) is 31.5 Å². The average Bonchev–Trinajstić information content (AvgIpc) is 3.11. The first-order chi connectivity index (χ1) is 14.0. The first-order valence-corrected chi connectivity index (χ1v) is 10.3. The summed E-state index contributed by atoms with van der Waals surface area (Å²) in [4.78, 5) is 12.4. The summed E-state index contributed by atoms with van der Waals surface area (Å²) >= 11 is 1.26. The van der Waals surface area contributed by atoms with Gasteiger partial charge in [0.25, 0.3) is 0 Å². The summed E-state index contributed by atoms with van der Waals surface area (Å²) in [6.07, 6.45) is 0.814. The third kappa shape index (κ3) is 5.08.